The van der Waals surface area contributed by atoms with Gasteiger partial charge < -0.3 is 9.47 Å². The van der Waals surface area contributed by atoms with Gasteiger partial charge in [0.25, 0.3) is 0 Å². The number of carbonyl (C=O) groups excluding carboxylic acids is 1. The van der Waals surface area contributed by atoms with Crippen LogP contribution in [0.5, 0.6) is 0 Å². The second kappa shape index (κ2) is 6.49. The van der Waals surface area contributed by atoms with Crippen molar-refractivity contribution in [3.05, 3.63) is 0 Å². The van der Waals surface area contributed by atoms with Crippen LogP contribution in [-0.4, -0.2) is 31.0 Å². The summed E-state index contributed by atoms with van der Waals surface area (Å²) in [5.74, 6) is -0.182. The number of hydrogen-bond acceptors (Lipinski definition) is 4. The van der Waals surface area contributed by atoms with Gasteiger partial charge in [-0.3, -0.25) is 4.79 Å². The predicted molar refractivity (Wildman–Crippen MR) is 45.9 cm³/mol. The van der Waals surface area contributed by atoms with Crippen LogP contribution in [0.2, 0.25) is 0 Å². The summed E-state index contributed by atoms with van der Waals surface area (Å²) >= 11 is 3.75. The molecular formula is C7H14O3S. The molecule has 0 aliphatic heterocycles. The molecule has 0 heterocycles. The van der Waals surface area contributed by atoms with E-state index in [9.17, 15) is 4.79 Å². The molecule has 0 spiro atoms. The first-order valence-electron chi connectivity index (χ1n) is 3.58. The molecule has 11 heavy (non-hydrogen) atoms. The molecule has 4 heteroatoms. The van der Waals surface area contributed by atoms with Crippen molar-refractivity contribution in [1.29, 1.82) is 0 Å². The lowest BCUT2D eigenvalue weighted by Gasteiger charge is -2.10. The Bertz CT molecular complexity index is 116. The van der Waals surface area contributed by atoms with Crippen molar-refractivity contribution in [2.75, 3.05) is 19.0 Å². The van der Waals surface area contributed by atoms with Gasteiger partial charge in [0.15, 0.2) is 0 Å². The van der Waals surface area contributed by atoms with Gasteiger partial charge in [-0.05, 0) is 13.8 Å². The Morgan fingerprint density at radius 1 is 1.64 bits per heavy atom. The molecule has 0 radical (unpaired) electrons. The molecule has 0 bridgehead atoms. The summed E-state index contributed by atoms with van der Waals surface area (Å²) in [5, 5.41) is 0. The van der Waals surface area contributed by atoms with E-state index < -0.39 is 0 Å². The largest absolute Gasteiger partial charge is 0.462 e. The monoisotopic (exact) mass is 178 g/mol. The van der Waals surface area contributed by atoms with Crippen LogP contribution in [0.4, 0.5) is 0 Å². The molecule has 66 valence electrons. The highest BCUT2D eigenvalue weighted by Gasteiger charge is 2.04. The van der Waals surface area contributed by atoms with Crippen LogP contribution in [0.15, 0.2) is 0 Å². The normalized spacial score (nSPS) is 12.6. The molecule has 0 N–H and O–H groups in total. The van der Waals surface area contributed by atoms with E-state index >= 15 is 0 Å². The van der Waals surface area contributed by atoms with Crippen LogP contribution in [-0.2, 0) is 14.3 Å². The lowest BCUT2D eigenvalue weighted by atomic mass is 10.4. The molecule has 0 amide bonds. The zero-order valence-corrected chi connectivity index (χ0v) is 7.77. The number of ether oxygens (including phenoxy) is 2. The average Bonchev–Trinajstić information content (AvgIpc) is 2.01. The van der Waals surface area contributed by atoms with E-state index in [-0.39, 0.29) is 17.8 Å². The van der Waals surface area contributed by atoms with E-state index in [0.29, 0.717) is 13.2 Å². The Morgan fingerprint density at radius 3 is 2.73 bits per heavy atom. The van der Waals surface area contributed by atoms with Gasteiger partial charge in [-0.15, -0.1) is 0 Å². The third-order valence-electron chi connectivity index (χ3n) is 1.06. The van der Waals surface area contributed by atoms with Gasteiger partial charge in [0, 0.05) is 6.61 Å². The van der Waals surface area contributed by atoms with Crippen molar-refractivity contribution in [3.63, 3.8) is 0 Å². The SMILES string of the molecule is CCOC(C)COC(=O)CS. The maximum atomic E-state index is 10.6. The van der Waals surface area contributed by atoms with E-state index in [1.807, 2.05) is 13.8 Å². The summed E-state index contributed by atoms with van der Waals surface area (Å²) in [6.45, 7) is 4.71. The zero-order chi connectivity index (χ0) is 8.69. The molecule has 0 saturated heterocycles. The van der Waals surface area contributed by atoms with Gasteiger partial charge in [-0.25, -0.2) is 0 Å². The van der Waals surface area contributed by atoms with Crippen LogP contribution in [0.25, 0.3) is 0 Å². The van der Waals surface area contributed by atoms with Crippen molar-refractivity contribution >= 4 is 18.6 Å². The first kappa shape index (κ1) is 10.8. The lowest BCUT2D eigenvalue weighted by molar-refractivity contribution is -0.144. The Hall–Kier alpha value is -0.220. The number of esters is 1. The van der Waals surface area contributed by atoms with Crippen LogP contribution < -0.4 is 0 Å². The number of carbonyl (C=O) groups is 1. The molecule has 0 aromatic rings. The molecule has 0 aromatic heterocycles. The van der Waals surface area contributed by atoms with Crippen molar-refractivity contribution in [2.24, 2.45) is 0 Å². The van der Waals surface area contributed by atoms with Gasteiger partial charge in [0.05, 0.1) is 11.9 Å². The highest BCUT2D eigenvalue weighted by molar-refractivity contribution is 7.81. The van der Waals surface area contributed by atoms with E-state index in [1.54, 1.807) is 0 Å². The van der Waals surface area contributed by atoms with E-state index in [2.05, 4.69) is 12.6 Å². The zero-order valence-electron chi connectivity index (χ0n) is 6.87. The molecule has 0 aromatic carbocycles. The van der Waals surface area contributed by atoms with Crippen molar-refractivity contribution < 1.29 is 14.3 Å². The van der Waals surface area contributed by atoms with Gasteiger partial charge in [-0.2, -0.15) is 12.6 Å². The molecule has 0 rings (SSSR count). The first-order chi connectivity index (χ1) is 5.20. The number of hydrogen-bond donors (Lipinski definition) is 1. The van der Waals surface area contributed by atoms with E-state index in [0.717, 1.165) is 0 Å². The van der Waals surface area contributed by atoms with Crippen molar-refractivity contribution in [3.8, 4) is 0 Å². The number of thiol groups is 1. The summed E-state index contributed by atoms with van der Waals surface area (Å²) in [6.07, 6.45) is -0.0242. The van der Waals surface area contributed by atoms with E-state index in [4.69, 9.17) is 9.47 Å². The molecule has 0 aliphatic carbocycles. The predicted octanol–water partition coefficient (Wildman–Crippen LogP) is 0.884. The Kier molecular flexibility index (Phi) is 6.36. The second-order valence-corrected chi connectivity index (χ2v) is 2.42. The van der Waals surface area contributed by atoms with Gasteiger partial charge in [0.1, 0.15) is 6.61 Å². The minimum absolute atomic E-state index is 0.0242. The third-order valence-corrected chi connectivity index (χ3v) is 1.32. The molecule has 0 saturated carbocycles. The molecule has 3 nitrogen and oxygen atoms in total. The minimum Gasteiger partial charge on any atom is -0.462 e. The standard InChI is InChI=1S/C7H14O3S/c1-3-9-6(2)4-10-7(8)5-11/h6,11H,3-5H2,1-2H3. The fourth-order valence-electron chi connectivity index (χ4n) is 0.589. The summed E-state index contributed by atoms with van der Waals surface area (Å²) in [5.41, 5.74) is 0. The summed E-state index contributed by atoms with van der Waals surface area (Å²) in [7, 11) is 0. The van der Waals surface area contributed by atoms with Gasteiger partial charge in [0.2, 0.25) is 0 Å². The van der Waals surface area contributed by atoms with Crippen LogP contribution >= 0.6 is 12.6 Å². The van der Waals surface area contributed by atoms with Crippen molar-refractivity contribution in [1.82, 2.24) is 0 Å². The lowest BCUT2D eigenvalue weighted by Crippen LogP contribution is -2.19. The fourth-order valence-corrected chi connectivity index (χ4v) is 0.680. The third kappa shape index (κ3) is 6.19. The van der Waals surface area contributed by atoms with Crippen LogP contribution in [0, 0.1) is 0 Å². The molecular weight excluding hydrogens is 164 g/mol. The maximum Gasteiger partial charge on any atom is 0.315 e. The quantitative estimate of drug-likeness (QED) is 0.501. The topological polar surface area (TPSA) is 35.5 Å². The summed E-state index contributed by atoms with van der Waals surface area (Å²) in [4.78, 5) is 10.6. The highest BCUT2D eigenvalue weighted by Crippen LogP contribution is 1.92. The summed E-state index contributed by atoms with van der Waals surface area (Å²) < 4.78 is 9.90. The molecule has 1 atom stereocenters. The molecule has 0 fully saturated rings. The highest BCUT2D eigenvalue weighted by atomic mass is 32.1. The van der Waals surface area contributed by atoms with Crippen LogP contribution in [0.1, 0.15) is 13.8 Å². The summed E-state index contributed by atoms with van der Waals surface area (Å²) in [6, 6.07) is 0. The molecule has 0 aliphatic rings. The Morgan fingerprint density at radius 2 is 2.27 bits per heavy atom. The smallest absolute Gasteiger partial charge is 0.315 e. The van der Waals surface area contributed by atoms with Crippen LogP contribution in [0.3, 0.4) is 0 Å². The van der Waals surface area contributed by atoms with Crippen molar-refractivity contribution in [2.45, 2.75) is 20.0 Å². The average molecular weight is 178 g/mol. The Balaban J connectivity index is 3.29. The Labute approximate surface area is 72.5 Å². The minimum atomic E-state index is -0.306. The van der Waals surface area contributed by atoms with Gasteiger partial charge in [-0.1, -0.05) is 0 Å². The van der Waals surface area contributed by atoms with Gasteiger partial charge >= 0.3 is 5.97 Å². The first-order valence-corrected chi connectivity index (χ1v) is 4.22. The fraction of sp³-hybridized carbons (Fsp3) is 0.857. The second-order valence-electron chi connectivity index (χ2n) is 2.11. The molecule has 1 unspecified atom stereocenters. The maximum absolute atomic E-state index is 10.6. The number of rotatable bonds is 5. The van der Waals surface area contributed by atoms with E-state index in [1.165, 1.54) is 0 Å².